The minimum absolute atomic E-state index is 0.0957. The number of rotatable bonds is 3. The molecule has 2 nitrogen and oxygen atoms in total. The van der Waals surface area contributed by atoms with Gasteiger partial charge in [-0.05, 0) is 36.2 Å². The Morgan fingerprint density at radius 2 is 1.86 bits per heavy atom. The summed E-state index contributed by atoms with van der Waals surface area (Å²) in [6.45, 7) is 1.95. The van der Waals surface area contributed by atoms with Crippen molar-refractivity contribution in [2.75, 3.05) is 0 Å². The van der Waals surface area contributed by atoms with Crippen molar-refractivity contribution in [2.45, 2.75) is 19.8 Å². The molecule has 0 spiro atoms. The molecule has 0 amide bonds. The first-order valence-electron chi connectivity index (χ1n) is 7.12. The van der Waals surface area contributed by atoms with E-state index < -0.39 is 17.1 Å². The zero-order chi connectivity index (χ0) is 15.7. The molecule has 0 aliphatic heterocycles. The Morgan fingerprint density at radius 3 is 2.59 bits per heavy atom. The number of aryl methyl sites for hydroxylation is 1. The molecule has 0 saturated carbocycles. The maximum Gasteiger partial charge on any atom is 0.203 e. The van der Waals surface area contributed by atoms with E-state index >= 15 is 0 Å². The second-order valence-corrected chi connectivity index (χ2v) is 5.10. The SMILES string of the molecule is CCCc1oc2cccc(F)c2c(=O)c1-c1cccc(F)c1. The lowest BCUT2D eigenvalue weighted by molar-refractivity contribution is 0.530. The van der Waals surface area contributed by atoms with E-state index in [-0.39, 0.29) is 16.5 Å². The molecule has 1 aromatic heterocycles. The summed E-state index contributed by atoms with van der Waals surface area (Å²) in [6, 6.07) is 9.98. The van der Waals surface area contributed by atoms with Gasteiger partial charge in [-0.2, -0.15) is 0 Å². The monoisotopic (exact) mass is 300 g/mol. The molecule has 0 aliphatic carbocycles. The van der Waals surface area contributed by atoms with Gasteiger partial charge in [-0.15, -0.1) is 0 Å². The van der Waals surface area contributed by atoms with Crippen LogP contribution in [0.3, 0.4) is 0 Å². The van der Waals surface area contributed by atoms with Crippen molar-refractivity contribution < 1.29 is 13.2 Å². The van der Waals surface area contributed by atoms with Gasteiger partial charge in [-0.1, -0.05) is 25.1 Å². The molecule has 1 heterocycles. The van der Waals surface area contributed by atoms with Crippen LogP contribution in [0.25, 0.3) is 22.1 Å². The van der Waals surface area contributed by atoms with Crippen LogP contribution < -0.4 is 5.43 Å². The first kappa shape index (κ1) is 14.4. The fourth-order valence-electron chi connectivity index (χ4n) is 2.58. The summed E-state index contributed by atoms with van der Waals surface area (Å²) in [5, 5.41) is -0.0957. The van der Waals surface area contributed by atoms with Gasteiger partial charge in [0, 0.05) is 6.42 Å². The van der Waals surface area contributed by atoms with Gasteiger partial charge in [0.05, 0.1) is 5.56 Å². The van der Waals surface area contributed by atoms with Gasteiger partial charge in [0.1, 0.15) is 28.4 Å². The van der Waals surface area contributed by atoms with Crippen LogP contribution in [0.4, 0.5) is 8.78 Å². The summed E-state index contributed by atoms with van der Waals surface area (Å²) >= 11 is 0. The van der Waals surface area contributed by atoms with Crippen LogP contribution in [-0.2, 0) is 6.42 Å². The van der Waals surface area contributed by atoms with Crippen molar-refractivity contribution in [3.63, 3.8) is 0 Å². The first-order valence-corrected chi connectivity index (χ1v) is 7.12. The third-order valence-corrected chi connectivity index (χ3v) is 3.53. The summed E-state index contributed by atoms with van der Waals surface area (Å²) in [6.07, 6.45) is 1.28. The Labute approximate surface area is 126 Å². The van der Waals surface area contributed by atoms with Gasteiger partial charge in [-0.25, -0.2) is 8.78 Å². The molecule has 0 saturated heterocycles. The Balaban J connectivity index is 2.41. The molecule has 0 bridgehead atoms. The minimum atomic E-state index is -0.632. The third-order valence-electron chi connectivity index (χ3n) is 3.53. The van der Waals surface area contributed by atoms with Crippen molar-refractivity contribution in [2.24, 2.45) is 0 Å². The van der Waals surface area contributed by atoms with E-state index in [0.29, 0.717) is 17.7 Å². The van der Waals surface area contributed by atoms with E-state index in [1.807, 2.05) is 6.92 Å². The first-order chi connectivity index (χ1) is 10.6. The molecular formula is C18H14F2O2. The van der Waals surface area contributed by atoms with Gasteiger partial charge < -0.3 is 4.42 Å². The third kappa shape index (κ3) is 2.41. The smallest absolute Gasteiger partial charge is 0.203 e. The van der Waals surface area contributed by atoms with Crippen LogP contribution in [-0.4, -0.2) is 0 Å². The van der Waals surface area contributed by atoms with E-state index in [4.69, 9.17) is 4.42 Å². The van der Waals surface area contributed by atoms with Crippen LogP contribution in [0.2, 0.25) is 0 Å². The highest BCUT2D eigenvalue weighted by Gasteiger charge is 2.18. The maximum atomic E-state index is 14.0. The van der Waals surface area contributed by atoms with E-state index in [2.05, 4.69) is 0 Å². The molecule has 4 heteroatoms. The molecule has 0 radical (unpaired) electrons. The molecular weight excluding hydrogens is 286 g/mol. The Bertz CT molecular complexity index is 897. The van der Waals surface area contributed by atoms with Crippen molar-refractivity contribution in [1.29, 1.82) is 0 Å². The van der Waals surface area contributed by atoms with Crippen LogP contribution in [0.1, 0.15) is 19.1 Å². The minimum Gasteiger partial charge on any atom is -0.460 e. The Kier molecular flexibility index (Phi) is 3.75. The summed E-state index contributed by atoms with van der Waals surface area (Å²) in [7, 11) is 0. The second-order valence-electron chi connectivity index (χ2n) is 5.10. The van der Waals surface area contributed by atoms with Crippen LogP contribution in [0.15, 0.2) is 51.7 Å². The van der Waals surface area contributed by atoms with Crippen LogP contribution >= 0.6 is 0 Å². The summed E-state index contributed by atoms with van der Waals surface area (Å²) in [5.41, 5.74) is 0.392. The highest BCUT2D eigenvalue weighted by molar-refractivity contribution is 5.83. The fourth-order valence-corrected chi connectivity index (χ4v) is 2.58. The van der Waals surface area contributed by atoms with E-state index in [9.17, 15) is 13.6 Å². The molecule has 2 aromatic carbocycles. The zero-order valence-corrected chi connectivity index (χ0v) is 12.0. The molecule has 112 valence electrons. The lowest BCUT2D eigenvalue weighted by Crippen LogP contribution is -2.10. The molecule has 0 atom stereocenters. The fraction of sp³-hybridized carbons (Fsp3) is 0.167. The average molecular weight is 300 g/mol. The normalized spacial score (nSPS) is 11.0. The van der Waals surface area contributed by atoms with Crippen molar-refractivity contribution >= 4 is 11.0 Å². The van der Waals surface area contributed by atoms with Gasteiger partial charge in [0.2, 0.25) is 5.43 Å². The van der Waals surface area contributed by atoms with Gasteiger partial charge in [-0.3, -0.25) is 4.79 Å². The quantitative estimate of drug-likeness (QED) is 0.702. The zero-order valence-electron chi connectivity index (χ0n) is 12.0. The van der Waals surface area contributed by atoms with E-state index in [0.717, 1.165) is 6.42 Å². The van der Waals surface area contributed by atoms with Crippen molar-refractivity contribution in [3.05, 3.63) is 70.1 Å². The lowest BCUT2D eigenvalue weighted by atomic mass is 10.00. The van der Waals surface area contributed by atoms with Crippen LogP contribution in [0.5, 0.6) is 0 Å². The predicted octanol–water partition coefficient (Wildman–Crippen LogP) is 4.69. The molecule has 0 fully saturated rings. The van der Waals surface area contributed by atoms with Crippen molar-refractivity contribution in [3.8, 4) is 11.1 Å². The molecule has 0 aliphatic rings. The molecule has 0 unspecified atom stereocenters. The molecule has 22 heavy (non-hydrogen) atoms. The topological polar surface area (TPSA) is 30.2 Å². The largest absolute Gasteiger partial charge is 0.460 e. The molecule has 3 rings (SSSR count). The average Bonchev–Trinajstić information content (AvgIpc) is 2.47. The molecule has 3 aromatic rings. The van der Waals surface area contributed by atoms with Gasteiger partial charge in [0.15, 0.2) is 0 Å². The van der Waals surface area contributed by atoms with Gasteiger partial charge >= 0.3 is 0 Å². The number of fused-ring (bicyclic) bond motifs is 1. The summed E-state index contributed by atoms with van der Waals surface area (Å²) in [5.74, 6) is -0.629. The second kappa shape index (κ2) is 5.72. The number of benzene rings is 2. The number of hydrogen-bond donors (Lipinski definition) is 0. The lowest BCUT2D eigenvalue weighted by Gasteiger charge is -2.10. The molecule has 0 N–H and O–H groups in total. The highest BCUT2D eigenvalue weighted by atomic mass is 19.1. The highest BCUT2D eigenvalue weighted by Crippen LogP contribution is 2.27. The predicted molar refractivity (Wildman–Crippen MR) is 81.8 cm³/mol. The maximum absolute atomic E-state index is 14.0. The standard InChI is InChI=1S/C18H14F2O2/c1-2-5-14-16(11-6-3-7-12(19)10-11)18(21)17-13(20)8-4-9-15(17)22-14/h3-4,6-10H,2,5H2,1H3. The number of halogens is 2. The Hall–Kier alpha value is -2.49. The number of hydrogen-bond acceptors (Lipinski definition) is 2. The van der Waals surface area contributed by atoms with Crippen molar-refractivity contribution in [1.82, 2.24) is 0 Å². The van der Waals surface area contributed by atoms with Gasteiger partial charge in [0.25, 0.3) is 0 Å². The van der Waals surface area contributed by atoms with E-state index in [1.165, 1.54) is 30.3 Å². The van der Waals surface area contributed by atoms with Crippen LogP contribution in [0, 0.1) is 11.6 Å². The Morgan fingerprint density at radius 1 is 1.09 bits per heavy atom. The van der Waals surface area contributed by atoms with E-state index in [1.54, 1.807) is 12.1 Å². The summed E-state index contributed by atoms with van der Waals surface area (Å²) in [4.78, 5) is 12.7. The summed E-state index contributed by atoms with van der Waals surface area (Å²) < 4.78 is 33.2.